The summed E-state index contributed by atoms with van der Waals surface area (Å²) in [4.78, 5) is 2.16. The molecule has 5 N–H and O–H groups in total. The van der Waals surface area contributed by atoms with E-state index in [1.807, 2.05) is 51.1 Å². The van der Waals surface area contributed by atoms with E-state index in [0.29, 0.717) is 23.3 Å². The van der Waals surface area contributed by atoms with Crippen LogP contribution in [0.5, 0.6) is 5.75 Å². The van der Waals surface area contributed by atoms with Crippen LogP contribution in [-0.2, 0) is 9.31 Å². The van der Waals surface area contributed by atoms with Gasteiger partial charge in [0.05, 0.1) is 24.6 Å². The zero-order valence-electron chi connectivity index (χ0n) is 22.4. The van der Waals surface area contributed by atoms with Gasteiger partial charge >= 0.3 is 7.12 Å². The number of nitrogens with zero attached hydrogens (tertiary/aromatic N) is 1. The first-order valence-electron chi connectivity index (χ1n) is 12.1. The molecule has 0 bridgehead atoms. The summed E-state index contributed by atoms with van der Waals surface area (Å²) in [6.07, 6.45) is 5.73. The molecule has 2 fully saturated rings. The number of methoxy groups -OCH3 is 1. The lowest BCUT2D eigenvalue weighted by molar-refractivity contribution is 0.0842. The molecule has 0 radical (unpaired) electrons. The molecule has 1 aromatic rings. The smallest absolute Gasteiger partial charge is 0.494 e. The summed E-state index contributed by atoms with van der Waals surface area (Å²) >= 11 is 0. The van der Waals surface area contributed by atoms with Gasteiger partial charge in [-0.25, -0.2) is 0 Å². The predicted molar refractivity (Wildman–Crippen MR) is 141 cm³/mol. The lowest BCUT2D eigenvalue weighted by Crippen LogP contribution is -2.61. The quantitative estimate of drug-likeness (QED) is 0.435. The number of nitrogens with two attached hydrogens (primary N) is 2. The Labute approximate surface area is 206 Å². The number of benzene rings is 1. The van der Waals surface area contributed by atoms with Crippen molar-refractivity contribution in [3.8, 4) is 5.75 Å². The van der Waals surface area contributed by atoms with Crippen molar-refractivity contribution >= 4 is 18.3 Å². The molecule has 0 aliphatic carbocycles. The first kappa shape index (κ1) is 26.4. The van der Waals surface area contributed by atoms with E-state index in [4.69, 9.17) is 25.5 Å². The Bertz CT molecular complexity index is 941. The largest absolute Gasteiger partial charge is 0.496 e. The average molecular weight is 470 g/mol. The van der Waals surface area contributed by atoms with E-state index in [1.165, 1.54) is 0 Å². The third kappa shape index (κ3) is 5.91. The van der Waals surface area contributed by atoms with E-state index in [1.54, 1.807) is 7.11 Å². The number of piperidine rings is 1. The molecule has 2 aliphatic heterocycles. The molecule has 2 heterocycles. The van der Waals surface area contributed by atoms with Crippen LogP contribution in [0.4, 0.5) is 0 Å². The summed E-state index contributed by atoms with van der Waals surface area (Å²) in [5.74, 6) is 1.35. The van der Waals surface area contributed by atoms with Crippen molar-refractivity contribution in [3.63, 3.8) is 0 Å². The van der Waals surface area contributed by atoms with Crippen molar-refractivity contribution in [1.29, 1.82) is 0 Å². The van der Waals surface area contributed by atoms with E-state index in [0.717, 1.165) is 23.9 Å². The normalized spacial score (nSPS) is 24.9. The molecule has 0 saturated carbocycles. The van der Waals surface area contributed by atoms with Gasteiger partial charge in [-0.15, -0.1) is 0 Å². The van der Waals surface area contributed by atoms with Gasteiger partial charge in [0.2, 0.25) is 0 Å². The average Bonchev–Trinajstić information content (AvgIpc) is 3.00. The Morgan fingerprint density at radius 3 is 2.26 bits per heavy atom. The summed E-state index contributed by atoms with van der Waals surface area (Å²) < 4.78 is 17.7. The highest BCUT2D eigenvalue weighted by Crippen LogP contribution is 2.32. The zero-order chi connectivity index (χ0) is 25.5. The molecule has 3 rings (SSSR count). The van der Waals surface area contributed by atoms with Crippen molar-refractivity contribution in [1.82, 2.24) is 10.2 Å². The van der Waals surface area contributed by atoms with Gasteiger partial charge < -0.3 is 35.7 Å². The maximum atomic E-state index is 6.47. The number of hydrogen-bond donors (Lipinski definition) is 3. The second kappa shape index (κ2) is 9.48. The Kier molecular flexibility index (Phi) is 7.37. The van der Waals surface area contributed by atoms with E-state index >= 15 is 0 Å². The standard InChI is InChI=1S/C26H43BN4O3/c1-17-26(6,7)34-27(33-17)18-10-11-20(22(14-18)32-9)21(28)12-13-23(29)31(8)19-15-24(2,3)30-25(4,5)16-19/h10-14,17,19,30H,15-16,28-29H2,1-9H3/b21-12-,23-13+. The van der Waals surface area contributed by atoms with Crippen molar-refractivity contribution in [2.24, 2.45) is 11.5 Å². The van der Waals surface area contributed by atoms with Crippen LogP contribution in [0.2, 0.25) is 0 Å². The van der Waals surface area contributed by atoms with E-state index in [9.17, 15) is 0 Å². The molecular weight excluding hydrogens is 427 g/mol. The maximum absolute atomic E-state index is 6.47. The Balaban J connectivity index is 1.77. The van der Waals surface area contributed by atoms with Crippen LogP contribution in [-0.4, -0.2) is 55.0 Å². The van der Waals surface area contributed by atoms with Gasteiger partial charge in [0.25, 0.3) is 0 Å². The first-order valence-corrected chi connectivity index (χ1v) is 12.1. The lowest BCUT2D eigenvalue weighted by Gasteiger charge is -2.49. The third-order valence-corrected chi connectivity index (χ3v) is 7.08. The Morgan fingerprint density at radius 1 is 1.12 bits per heavy atom. The highest BCUT2D eigenvalue weighted by Gasteiger charge is 2.44. The topological polar surface area (TPSA) is 95.0 Å². The minimum absolute atomic E-state index is 0.00525. The molecule has 2 saturated heterocycles. The van der Waals surface area contributed by atoms with Crippen molar-refractivity contribution in [3.05, 3.63) is 41.7 Å². The van der Waals surface area contributed by atoms with Gasteiger partial charge in [-0.05, 0) is 91.1 Å². The summed E-state index contributed by atoms with van der Waals surface area (Å²) in [6, 6.07) is 6.17. The van der Waals surface area contributed by atoms with E-state index < -0.39 is 7.12 Å². The summed E-state index contributed by atoms with van der Waals surface area (Å²) in [5, 5.41) is 3.72. The minimum Gasteiger partial charge on any atom is -0.496 e. The maximum Gasteiger partial charge on any atom is 0.494 e. The molecule has 1 unspecified atom stereocenters. The molecule has 0 spiro atoms. The van der Waals surface area contributed by atoms with Gasteiger partial charge in [-0.1, -0.05) is 6.07 Å². The SMILES string of the molecule is COc1cc(B2OC(C)C(C)(C)O2)ccc1/C(N)=C/C=C(\N)N(C)C1CC(C)(C)NC(C)(C)C1. The summed E-state index contributed by atoms with van der Waals surface area (Å²) in [7, 11) is 3.26. The zero-order valence-corrected chi connectivity index (χ0v) is 22.4. The van der Waals surface area contributed by atoms with E-state index in [-0.39, 0.29) is 22.8 Å². The van der Waals surface area contributed by atoms with Gasteiger partial charge in [-0.3, -0.25) is 0 Å². The molecule has 188 valence electrons. The van der Waals surface area contributed by atoms with Crippen LogP contribution < -0.4 is 27.0 Å². The van der Waals surface area contributed by atoms with Gasteiger partial charge in [0.1, 0.15) is 5.75 Å². The van der Waals surface area contributed by atoms with Crippen molar-refractivity contribution in [2.75, 3.05) is 14.2 Å². The second-order valence-corrected chi connectivity index (χ2v) is 11.6. The minimum atomic E-state index is -0.430. The van der Waals surface area contributed by atoms with Crippen LogP contribution in [0, 0.1) is 0 Å². The molecule has 8 heteroatoms. The number of allylic oxidation sites excluding steroid dienone is 2. The second-order valence-electron chi connectivity index (χ2n) is 11.6. The third-order valence-electron chi connectivity index (χ3n) is 7.08. The number of nitrogens with one attached hydrogen (secondary N) is 1. The monoisotopic (exact) mass is 470 g/mol. The van der Waals surface area contributed by atoms with Crippen LogP contribution >= 0.6 is 0 Å². The molecule has 7 nitrogen and oxygen atoms in total. The molecule has 1 aromatic carbocycles. The fraction of sp³-hybridized carbons (Fsp3) is 0.615. The van der Waals surface area contributed by atoms with Gasteiger partial charge in [0.15, 0.2) is 0 Å². The van der Waals surface area contributed by atoms with Gasteiger partial charge in [0, 0.05) is 35.4 Å². The van der Waals surface area contributed by atoms with Crippen LogP contribution in [0.25, 0.3) is 5.70 Å². The summed E-state index contributed by atoms with van der Waals surface area (Å²) in [5.41, 5.74) is 14.9. The fourth-order valence-corrected chi connectivity index (χ4v) is 5.12. The molecule has 0 amide bonds. The molecule has 34 heavy (non-hydrogen) atoms. The number of ether oxygens (including phenoxy) is 1. The van der Waals surface area contributed by atoms with Crippen LogP contribution in [0.1, 0.15) is 66.9 Å². The molecule has 1 atom stereocenters. The Hall–Kier alpha value is -2.16. The van der Waals surface area contributed by atoms with Crippen LogP contribution in [0.3, 0.4) is 0 Å². The first-order chi connectivity index (χ1) is 15.6. The lowest BCUT2D eigenvalue weighted by atomic mass is 9.78. The number of hydrogen-bond acceptors (Lipinski definition) is 7. The Morgan fingerprint density at radius 2 is 1.74 bits per heavy atom. The predicted octanol–water partition coefficient (Wildman–Crippen LogP) is 2.95. The fourth-order valence-electron chi connectivity index (χ4n) is 5.12. The highest BCUT2D eigenvalue weighted by molar-refractivity contribution is 6.62. The molecular formula is C26H43BN4O3. The summed E-state index contributed by atoms with van der Waals surface area (Å²) in [6.45, 7) is 15.0. The highest BCUT2D eigenvalue weighted by atomic mass is 16.7. The van der Waals surface area contributed by atoms with E-state index in [2.05, 4.69) is 45.0 Å². The molecule has 0 aromatic heterocycles. The van der Waals surface area contributed by atoms with Crippen molar-refractivity contribution < 1.29 is 14.0 Å². The van der Waals surface area contributed by atoms with Gasteiger partial charge in [-0.2, -0.15) is 0 Å². The molecule has 2 aliphatic rings. The van der Waals surface area contributed by atoms with Crippen molar-refractivity contribution in [2.45, 2.75) is 90.1 Å². The van der Waals surface area contributed by atoms with Crippen LogP contribution in [0.15, 0.2) is 36.2 Å². The number of rotatable bonds is 6.